The fourth-order valence-corrected chi connectivity index (χ4v) is 3.10. The molecule has 0 spiro atoms. The largest absolute Gasteiger partial charge is 0.507 e. The smallest absolute Gasteiger partial charge is 0.270 e. The van der Waals surface area contributed by atoms with Crippen molar-refractivity contribution in [1.29, 1.82) is 0 Å². The van der Waals surface area contributed by atoms with Crippen molar-refractivity contribution in [1.82, 2.24) is 0 Å². The number of phenols is 1. The van der Waals surface area contributed by atoms with Crippen molar-refractivity contribution in [3.8, 4) is 16.9 Å². The Balaban J connectivity index is 2.73. The van der Waals surface area contributed by atoms with Gasteiger partial charge in [-0.15, -0.1) is 0 Å². The molecule has 0 heterocycles. The summed E-state index contributed by atoms with van der Waals surface area (Å²) in [7, 11) is 0. The van der Waals surface area contributed by atoms with Gasteiger partial charge in [-0.1, -0.05) is 39.3 Å². The van der Waals surface area contributed by atoms with Gasteiger partial charge in [-0.05, 0) is 59.6 Å². The van der Waals surface area contributed by atoms with E-state index in [1.54, 1.807) is 6.07 Å². The quantitative estimate of drug-likeness (QED) is 0.462. The van der Waals surface area contributed by atoms with Gasteiger partial charge in [0, 0.05) is 22.7 Å². The minimum atomic E-state index is -0.425. The molecule has 0 saturated carbocycles. The van der Waals surface area contributed by atoms with E-state index >= 15 is 0 Å². The third kappa shape index (κ3) is 3.96. The van der Waals surface area contributed by atoms with Crippen LogP contribution in [0, 0.1) is 10.1 Å². The lowest BCUT2D eigenvalue weighted by Crippen LogP contribution is -2.00. The number of phenolic OH excluding ortho intramolecular Hbond substituents is 1. The molecule has 2 atom stereocenters. The van der Waals surface area contributed by atoms with Gasteiger partial charge >= 0.3 is 0 Å². The van der Waals surface area contributed by atoms with Crippen molar-refractivity contribution < 1.29 is 10.0 Å². The number of halogens is 1. The summed E-state index contributed by atoms with van der Waals surface area (Å²) in [5, 5.41) is 22.3. The number of aromatic hydroxyl groups is 1. The zero-order valence-corrected chi connectivity index (χ0v) is 15.8. The lowest BCUT2D eigenvalue weighted by Gasteiger charge is -2.20. The van der Waals surface area contributed by atoms with Gasteiger partial charge in [-0.25, -0.2) is 0 Å². The van der Waals surface area contributed by atoms with E-state index in [4.69, 9.17) is 11.6 Å². The molecule has 0 amide bonds. The molecule has 0 radical (unpaired) electrons. The van der Waals surface area contributed by atoms with E-state index in [9.17, 15) is 15.2 Å². The Morgan fingerprint density at radius 3 is 2.04 bits per heavy atom. The van der Waals surface area contributed by atoms with Gasteiger partial charge in [-0.3, -0.25) is 10.1 Å². The molecule has 134 valence electrons. The average molecular weight is 362 g/mol. The fourth-order valence-electron chi connectivity index (χ4n) is 2.87. The zero-order chi connectivity index (χ0) is 18.7. The number of nitro benzene ring substituents is 1. The second-order valence-corrected chi connectivity index (χ2v) is 6.95. The second-order valence-electron chi connectivity index (χ2n) is 6.54. The van der Waals surface area contributed by atoms with Gasteiger partial charge in [0.05, 0.1) is 4.92 Å². The third-order valence-corrected chi connectivity index (χ3v) is 5.26. The lowest BCUT2D eigenvalue weighted by atomic mass is 9.86. The summed E-state index contributed by atoms with van der Waals surface area (Å²) in [6.07, 6.45) is 1.78. The maximum Gasteiger partial charge on any atom is 0.270 e. The SMILES string of the molecule is CCC(C)c1cc(-c2cc([N+](=O)[O-])ccc2Cl)cc(C(C)CC)c1O. The highest BCUT2D eigenvalue weighted by Crippen LogP contribution is 2.41. The van der Waals surface area contributed by atoms with Crippen LogP contribution in [0.1, 0.15) is 63.5 Å². The Bertz CT molecular complexity index is 758. The van der Waals surface area contributed by atoms with Crippen molar-refractivity contribution in [3.05, 3.63) is 56.6 Å². The van der Waals surface area contributed by atoms with Crippen LogP contribution in [0.5, 0.6) is 5.75 Å². The maximum absolute atomic E-state index is 11.1. The number of nitro groups is 1. The van der Waals surface area contributed by atoms with Gasteiger partial charge in [0.15, 0.2) is 0 Å². The molecule has 1 N–H and O–H groups in total. The summed E-state index contributed by atoms with van der Waals surface area (Å²) in [5.74, 6) is 0.689. The molecule has 2 aromatic rings. The van der Waals surface area contributed by atoms with E-state index in [1.807, 2.05) is 12.1 Å². The predicted octanol–water partition coefficient (Wildman–Crippen LogP) is 6.65. The van der Waals surface area contributed by atoms with Crippen molar-refractivity contribution >= 4 is 17.3 Å². The molecule has 0 bridgehead atoms. The zero-order valence-electron chi connectivity index (χ0n) is 15.0. The molecule has 0 aliphatic heterocycles. The molecule has 0 aliphatic rings. The fraction of sp³-hybridized carbons (Fsp3) is 0.400. The predicted molar refractivity (Wildman–Crippen MR) is 103 cm³/mol. The molecular weight excluding hydrogens is 338 g/mol. The van der Waals surface area contributed by atoms with Crippen LogP contribution in [0.3, 0.4) is 0 Å². The van der Waals surface area contributed by atoms with Crippen molar-refractivity contribution in [2.75, 3.05) is 0 Å². The van der Waals surface area contributed by atoms with Crippen molar-refractivity contribution in [3.63, 3.8) is 0 Å². The minimum Gasteiger partial charge on any atom is -0.507 e. The summed E-state index contributed by atoms with van der Waals surface area (Å²) in [4.78, 5) is 10.7. The normalized spacial score (nSPS) is 13.5. The Morgan fingerprint density at radius 1 is 1.08 bits per heavy atom. The van der Waals surface area contributed by atoms with Gasteiger partial charge in [0.25, 0.3) is 5.69 Å². The Labute approximate surface area is 153 Å². The molecule has 0 aromatic heterocycles. The summed E-state index contributed by atoms with van der Waals surface area (Å²) >= 11 is 6.32. The highest BCUT2D eigenvalue weighted by Gasteiger charge is 2.20. The Kier molecular flexibility index (Phi) is 6.07. The Hall–Kier alpha value is -2.07. The number of benzene rings is 2. The number of non-ortho nitro benzene ring substituents is 1. The highest BCUT2D eigenvalue weighted by atomic mass is 35.5. The van der Waals surface area contributed by atoms with Gasteiger partial charge in [-0.2, -0.15) is 0 Å². The van der Waals surface area contributed by atoms with E-state index in [-0.39, 0.29) is 17.5 Å². The first-order valence-electron chi connectivity index (χ1n) is 8.61. The van der Waals surface area contributed by atoms with Crippen LogP contribution in [0.2, 0.25) is 5.02 Å². The average Bonchev–Trinajstić information content (AvgIpc) is 2.60. The molecule has 0 saturated heterocycles. The number of rotatable bonds is 6. The summed E-state index contributed by atoms with van der Waals surface area (Å²) in [6, 6.07) is 8.25. The van der Waals surface area contributed by atoms with E-state index in [0.717, 1.165) is 29.5 Å². The van der Waals surface area contributed by atoms with Gasteiger partial charge in [0.1, 0.15) is 5.75 Å². The first-order valence-corrected chi connectivity index (χ1v) is 8.98. The van der Waals surface area contributed by atoms with Crippen LogP contribution < -0.4 is 0 Å². The monoisotopic (exact) mass is 361 g/mol. The van der Waals surface area contributed by atoms with Crippen LogP contribution in [0.25, 0.3) is 11.1 Å². The Morgan fingerprint density at radius 2 is 1.60 bits per heavy atom. The van der Waals surface area contributed by atoms with Crippen molar-refractivity contribution in [2.45, 2.75) is 52.4 Å². The third-order valence-electron chi connectivity index (χ3n) is 4.93. The van der Waals surface area contributed by atoms with E-state index in [0.29, 0.717) is 16.3 Å². The van der Waals surface area contributed by atoms with E-state index in [2.05, 4.69) is 27.7 Å². The molecule has 5 heteroatoms. The van der Waals surface area contributed by atoms with Gasteiger partial charge in [0.2, 0.25) is 0 Å². The molecular formula is C20H24ClNO3. The first-order chi connectivity index (χ1) is 11.8. The van der Waals surface area contributed by atoms with E-state index < -0.39 is 4.92 Å². The molecule has 25 heavy (non-hydrogen) atoms. The standard InChI is InChI=1S/C20H24ClNO3/c1-5-12(3)16-9-14(10-17(20(16)23)13(4)6-2)18-11-15(22(24)25)7-8-19(18)21/h7-13,23H,5-6H2,1-4H3. The molecule has 2 unspecified atom stereocenters. The van der Waals surface area contributed by atoms with Crippen molar-refractivity contribution in [2.24, 2.45) is 0 Å². The first kappa shape index (κ1) is 19.3. The summed E-state index contributed by atoms with van der Waals surface area (Å²) in [6.45, 7) is 8.27. The molecule has 2 rings (SSSR count). The summed E-state index contributed by atoms with van der Waals surface area (Å²) < 4.78 is 0. The van der Waals surface area contributed by atoms with Gasteiger partial charge < -0.3 is 5.11 Å². The second kappa shape index (κ2) is 7.87. The minimum absolute atomic E-state index is 0.00246. The van der Waals surface area contributed by atoms with E-state index in [1.165, 1.54) is 12.1 Å². The number of hydrogen-bond donors (Lipinski definition) is 1. The van der Waals surface area contributed by atoms with Crippen LogP contribution in [-0.4, -0.2) is 10.0 Å². The number of nitrogens with zero attached hydrogens (tertiary/aromatic N) is 1. The molecule has 0 aliphatic carbocycles. The summed E-state index contributed by atoms with van der Waals surface area (Å²) in [5.41, 5.74) is 3.14. The van der Waals surface area contributed by atoms with Crippen LogP contribution in [0.4, 0.5) is 5.69 Å². The lowest BCUT2D eigenvalue weighted by molar-refractivity contribution is -0.384. The van der Waals surface area contributed by atoms with Crippen LogP contribution in [0.15, 0.2) is 30.3 Å². The molecule has 4 nitrogen and oxygen atoms in total. The molecule has 0 fully saturated rings. The maximum atomic E-state index is 11.1. The topological polar surface area (TPSA) is 63.4 Å². The van der Waals surface area contributed by atoms with Crippen LogP contribution >= 0.6 is 11.6 Å². The highest BCUT2D eigenvalue weighted by molar-refractivity contribution is 6.33. The van der Waals surface area contributed by atoms with Crippen LogP contribution in [-0.2, 0) is 0 Å². The molecule has 2 aromatic carbocycles. The number of hydrogen-bond acceptors (Lipinski definition) is 3.